The first-order valence-corrected chi connectivity index (χ1v) is 8.06. The zero-order valence-corrected chi connectivity index (χ0v) is 13.3. The molecule has 2 aliphatic heterocycles. The molecule has 2 heterocycles. The molecule has 3 fully saturated rings. The average molecular weight is 316 g/mol. The molecule has 0 aromatic rings. The summed E-state index contributed by atoms with van der Waals surface area (Å²) >= 11 is 0. The van der Waals surface area contributed by atoms with Gasteiger partial charge in [-0.2, -0.15) is 0 Å². The van der Waals surface area contributed by atoms with Gasteiger partial charge in [-0.15, -0.1) is 12.4 Å². The van der Waals surface area contributed by atoms with Crippen LogP contribution in [0.15, 0.2) is 0 Å². The summed E-state index contributed by atoms with van der Waals surface area (Å²) in [5, 5.41) is 6.45. The van der Waals surface area contributed by atoms with E-state index in [9.17, 15) is 9.59 Å². The molecule has 6 heteroatoms. The smallest absolute Gasteiger partial charge is 0.239 e. The number of hydrogen-bond acceptors (Lipinski definition) is 3. The Hall–Kier alpha value is -0.810. The molecule has 5 nitrogen and oxygen atoms in total. The van der Waals surface area contributed by atoms with E-state index in [2.05, 4.69) is 10.6 Å². The summed E-state index contributed by atoms with van der Waals surface area (Å²) < 4.78 is 0. The minimum Gasteiger partial charge on any atom is -0.353 e. The van der Waals surface area contributed by atoms with Crippen LogP contribution in [-0.4, -0.2) is 48.4 Å². The van der Waals surface area contributed by atoms with Crippen LogP contribution in [-0.2, 0) is 9.59 Å². The van der Waals surface area contributed by atoms with Crippen LogP contribution in [0.25, 0.3) is 0 Å². The lowest BCUT2D eigenvalue weighted by Gasteiger charge is -2.35. The molecule has 1 atom stereocenters. The summed E-state index contributed by atoms with van der Waals surface area (Å²) in [4.78, 5) is 26.1. The topological polar surface area (TPSA) is 61.4 Å². The highest BCUT2D eigenvalue weighted by atomic mass is 35.5. The van der Waals surface area contributed by atoms with E-state index in [-0.39, 0.29) is 42.2 Å². The molecular weight excluding hydrogens is 290 g/mol. The van der Waals surface area contributed by atoms with Crippen LogP contribution in [0.3, 0.4) is 0 Å². The van der Waals surface area contributed by atoms with Gasteiger partial charge in [0, 0.05) is 25.0 Å². The van der Waals surface area contributed by atoms with Gasteiger partial charge in [0.15, 0.2) is 0 Å². The molecule has 3 aliphatic rings. The lowest BCUT2D eigenvalue weighted by Crippen LogP contribution is -2.53. The minimum atomic E-state index is 0. The van der Waals surface area contributed by atoms with Crippen molar-refractivity contribution in [1.82, 2.24) is 15.5 Å². The van der Waals surface area contributed by atoms with E-state index >= 15 is 0 Å². The second-order valence-corrected chi connectivity index (χ2v) is 6.38. The van der Waals surface area contributed by atoms with Gasteiger partial charge in [-0.25, -0.2) is 0 Å². The van der Waals surface area contributed by atoms with Crippen LogP contribution in [0.2, 0.25) is 0 Å². The van der Waals surface area contributed by atoms with Gasteiger partial charge in [0.2, 0.25) is 11.8 Å². The lowest BCUT2D eigenvalue weighted by molar-refractivity contribution is -0.135. The summed E-state index contributed by atoms with van der Waals surface area (Å²) in [6, 6.07) is 0.299. The Morgan fingerprint density at radius 2 is 1.71 bits per heavy atom. The van der Waals surface area contributed by atoms with Crippen molar-refractivity contribution in [2.24, 2.45) is 5.92 Å². The number of hydrogen-bond donors (Lipinski definition) is 2. The first-order valence-electron chi connectivity index (χ1n) is 8.06. The summed E-state index contributed by atoms with van der Waals surface area (Å²) in [6.45, 7) is 2.53. The summed E-state index contributed by atoms with van der Waals surface area (Å²) in [5.41, 5.74) is 0. The van der Waals surface area contributed by atoms with Gasteiger partial charge in [0.1, 0.15) is 0 Å². The number of piperidine rings is 2. The van der Waals surface area contributed by atoms with Crippen molar-refractivity contribution in [3.05, 3.63) is 0 Å². The van der Waals surface area contributed by atoms with Crippen molar-refractivity contribution < 1.29 is 9.59 Å². The van der Waals surface area contributed by atoms with Crippen LogP contribution >= 0.6 is 12.4 Å². The Labute approximate surface area is 132 Å². The fourth-order valence-electron chi connectivity index (χ4n) is 3.19. The largest absolute Gasteiger partial charge is 0.353 e. The fourth-order valence-corrected chi connectivity index (χ4v) is 3.19. The standard InChI is InChI=1S/C15H25N3O2.ClH/c19-14(11-4-5-11)17-12-6-9-18(10-7-12)15(20)13-3-1-2-8-16-13;/h11-13,16H,1-10H2,(H,17,19);1H/t13-;/m0./s1. The molecule has 120 valence electrons. The highest BCUT2D eigenvalue weighted by molar-refractivity contribution is 5.85. The Morgan fingerprint density at radius 1 is 1.00 bits per heavy atom. The normalized spacial score (nSPS) is 26.9. The van der Waals surface area contributed by atoms with Crippen LogP contribution < -0.4 is 10.6 Å². The number of nitrogens with one attached hydrogen (secondary N) is 2. The number of carbonyl (C=O) groups excluding carboxylic acids is 2. The van der Waals surface area contributed by atoms with Gasteiger partial charge in [-0.05, 0) is 45.1 Å². The van der Waals surface area contributed by atoms with Crippen LogP contribution in [0.1, 0.15) is 44.9 Å². The average Bonchev–Trinajstić information content (AvgIpc) is 3.33. The zero-order chi connectivity index (χ0) is 13.9. The third kappa shape index (κ3) is 4.33. The van der Waals surface area contributed by atoms with E-state index in [1.165, 1.54) is 6.42 Å². The minimum absolute atomic E-state index is 0. The maximum atomic E-state index is 12.4. The molecule has 2 amide bonds. The van der Waals surface area contributed by atoms with Gasteiger partial charge in [-0.1, -0.05) is 6.42 Å². The van der Waals surface area contributed by atoms with Crippen molar-refractivity contribution in [1.29, 1.82) is 0 Å². The van der Waals surface area contributed by atoms with E-state index < -0.39 is 0 Å². The first kappa shape index (κ1) is 16.6. The quantitative estimate of drug-likeness (QED) is 0.819. The van der Waals surface area contributed by atoms with E-state index in [1.807, 2.05) is 4.90 Å². The number of amides is 2. The van der Waals surface area contributed by atoms with Gasteiger partial charge in [0.25, 0.3) is 0 Å². The summed E-state index contributed by atoms with van der Waals surface area (Å²) in [5.74, 6) is 0.765. The fraction of sp³-hybridized carbons (Fsp3) is 0.867. The van der Waals surface area contributed by atoms with Gasteiger partial charge in [0.05, 0.1) is 6.04 Å². The van der Waals surface area contributed by atoms with Crippen molar-refractivity contribution in [3.63, 3.8) is 0 Å². The predicted octanol–water partition coefficient (Wildman–Crippen LogP) is 1.07. The molecule has 0 aromatic heterocycles. The Morgan fingerprint density at radius 3 is 2.29 bits per heavy atom. The Balaban J connectivity index is 0.00000161. The SMILES string of the molecule is Cl.O=C(NC1CCN(C(=O)[C@@H]2CCCCN2)CC1)C1CC1. The molecular formula is C15H26ClN3O2. The molecule has 0 aromatic carbocycles. The number of rotatable bonds is 3. The molecule has 21 heavy (non-hydrogen) atoms. The molecule has 1 aliphatic carbocycles. The Kier molecular flexibility index (Phi) is 5.88. The maximum absolute atomic E-state index is 12.4. The maximum Gasteiger partial charge on any atom is 0.239 e. The summed E-state index contributed by atoms with van der Waals surface area (Å²) in [6.07, 6.45) is 7.20. The number of carbonyl (C=O) groups is 2. The highest BCUT2D eigenvalue weighted by Crippen LogP contribution is 2.29. The third-order valence-corrected chi connectivity index (χ3v) is 4.71. The monoisotopic (exact) mass is 315 g/mol. The second kappa shape index (κ2) is 7.45. The van der Waals surface area contributed by atoms with E-state index in [0.717, 1.165) is 58.2 Å². The zero-order valence-electron chi connectivity index (χ0n) is 12.5. The number of nitrogens with zero attached hydrogens (tertiary/aromatic N) is 1. The number of likely N-dealkylation sites (tertiary alicyclic amines) is 1. The van der Waals surface area contributed by atoms with Crippen LogP contribution in [0, 0.1) is 5.92 Å². The second-order valence-electron chi connectivity index (χ2n) is 6.38. The molecule has 0 unspecified atom stereocenters. The molecule has 2 N–H and O–H groups in total. The third-order valence-electron chi connectivity index (χ3n) is 4.71. The molecule has 1 saturated carbocycles. The van der Waals surface area contributed by atoms with E-state index in [4.69, 9.17) is 0 Å². The van der Waals surface area contributed by atoms with Gasteiger partial charge in [-0.3, -0.25) is 9.59 Å². The highest BCUT2D eigenvalue weighted by Gasteiger charge is 2.33. The Bertz CT molecular complexity index is 373. The van der Waals surface area contributed by atoms with Crippen molar-refractivity contribution in [2.45, 2.75) is 57.0 Å². The van der Waals surface area contributed by atoms with E-state index in [0.29, 0.717) is 0 Å². The number of halogens is 1. The van der Waals surface area contributed by atoms with E-state index in [1.54, 1.807) is 0 Å². The van der Waals surface area contributed by atoms with Gasteiger partial charge >= 0.3 is 0 Å². The molecule has 3 rings (SSSR count). The summed E-state index contributed by atoms with van der Waals surface area (Å²) in [7, 11) is 0. The van der Waals surface area contributed by atoms with Crippen LogP contribution in [0.4, 0.5) is 0 Å². The lowest BCUT2D eigenvalue weighted by atomic mass is 10.0. The van der Waals surface area contributed by atoms with Crippen molar-refractivity contribution in [3.8, 4) is 0 Å². The van der Waals surface area contributed by atoms with Crippen LogP contribution in [0.5, 0.6) is 0 Å². The first-order chi connectivity index (χ1) is 9.74. The van der Waals surface area contributed by atoms with Crippen molar-refractivity contribution >= 4 is 24.2 Å². The predicted molar refractivity (Wildman–Crippen MR) is 83.4 cm³/mol. The molecule has 0 radical (unpaired) electrons. The molecule has 0 spiro atoms. The molecule has 0 bridgehead atoms. The van der Waals surface area contributed by atoms with Crippen molar-refractivity contribution in [2.75, 3.05) is 19.6 Å². The van der Waals surface area contributed by atoms with Gasteiger partial charge < -0.3 is 15.5 Å². The molecule has 2 saturated heterocycles.